The second-order valence-electron chi connectivity index (χ2n) is 8.11. The van der Waals surface area contributed by atoms with Gasteiger partial charge in [0.15, 0.2) is 0 Å². The summed E-state index contributed by atoms with van der Waals surface area (Å²) in [6, 6.07) is 9.41. The van der Waals surface area contributed by atoms with Gasteiger partial charge in [0.05, 0.1) is 15.9 Å². The lowest BCUT2D eigenvalue weighted by Crippen LogP contribution is -2.27. The van der Waals surface area contributed by atoms with Crippen LogP contribution < -0.4 is 10.6 Å². The molecule has 0 spiro atoms. The Balaban J connectivity index is 1.77. The monoisotopic (exact) mass is 398 g/mol. The summed E-state index contributed by atoms with van der Waals surface area (Å²) >= 11 is 1.28. The quantitative estimate of drug-likeness (QED) is 0.602. The molecule has 2 amide bonds. The van der Waals surface area contributed by atoms with Crippen molar-refractivity contribution in [3.8, 4) is 0 Å². The maximum Gasteiger partial charge on any atom is 0.262 e. The van der Waals surface area contributed by atoms with Gasteiger partial charge < -0.3 is 15.1 Å². The van der Waals surface area contributed by atoms with Gasteiger partial charge in [0.1, 0.15) is 11.3 Å². The van der Waals surface area contributed by atoms with Gasteiger partial charge in [0, 0.05) is 16.4 Å². The number of amides is 2. The van der Waals surface area contributed by atoms with E-state index in [1.165, 1.54) is 11.3 Å². The van der Waals surface area contributed by atoms with Gasteiger partial charge in [0.25, 0.3) is 5.91 Å². The molecule has 2 heterocycles. The van der Waals surface area contributed by atoms with E-state index < -0.39 is 5.41 Å². The highest BCUT2D eigenvalue weighted by Gasteiger charge is 2.24. The van der Waals surface area contributed by atoms with E-state index in [1.54, 1.807) is 0 Å². The fourth-order valence-electron chi connectivity index (χ4n) is 3.00. The maximum absolute atomic E-state index is 12.8. The molecular formula is C22H26N2O3S. The Hall–Kier alpha value is -2.60. The van der Waals surface area contributed by atoms with Crippen LogP contribution in [0.25, 0.3) is 11.0 Å². The Morgan fingerprint density at radius 1 is 1.14 bits per heavy atom. The number of hydrogen-bond acceptors (Lipinski definition) is 4. The van der Waals surface area contributed by atoms with Crippen molar-refractivity contribution in [1.82, 2.24) is 5.32 Å². The van der Waals surface area contributed by atoms with Crippen molar-refractivity contribution < 1.29 is 14.0 Å². The van der Waals surface area contributed by atoms with E-state index in [-0.39, 0.29) is 17.9 Å². The SMILES string of the molecule is Cc1cc(NC(=O)C(C)(C)C)sc1C(=O)NC(C)c1oc2ccccc2c1C. The van der Waals surface area contributed by atoms with Crippen molar-refractivity contribution in [2.75, 3.05) is 5.32 Å². The standard InChI is InChI=1S/C22H26N2O3S/c1-12-11-17(24-21(26)22(4,5)6)28-19(12)20(25)23-14(3)18-13(2)15-9-7-8-10-16(15)27-18/h7-11,14H,1-6H3,(H,23,25)(H,24,26). The third-order valence-electron chi connectivity index (χ3n) is 4.66. The summed E-state index contributed by atoms with van der Waals surface area (Å²) in [6.45, 7) is 11.3. The molecule has 2 N–H and O–H groups in total. The lowest BCUT2D eigenvalue weighted by Gasteiger charge is -2.16. The van der Waals surface area contributed by atoms with E-state index in [1.807, 2.05) is 71.9 Å². The van der Waals surface area contributed by atoms with Crippen molar-refractivity contribution >= 4 is 39.1 Å². The molecule has 148 valence electrons. The van der Waals surface area contributed by atoms with Crippen molar-refractivity contribution in [2.45, 2.75) is 47.6 Å². The number of thiophene rings is 1. The number of anilines is 1. The molecule has 6 heteroatoms. The highest BCUT2D eigenvalue weighted by Crippen LogP contribution is 2.31. The molecule has 0 aliphatic carbocycles. The molecule has 28 heavy (non-hydrogen) atoms. The first-order chi connectivity index (χ1) is 13.1. The molecule has 0 aliphatic heterocycles. The third-order valence-corrected chi connectivity index (χ3v) is 5.81. The van der Waals surface area contributed by atoms with Gasteiger partial charge in [-0.25, -0.2) is 0 Å². The van der Waals surface area contributed by atoms with E-state index in [9.17, 15) is 9.59 Å². The molecule has 3 aromatic rings. The summed E-state index contributed by atoms with van der Waals surface area (Å²) < 4.78 is 5.95. The van der Waals surface area contributed by atoms with Gasteiger partial charge in [-0.1, -0.05) is 39.0 Å². The highest BCUT2D eigenvalue weighted by atomic mass is 32.1. The van der Waals surface area contributed by atoms with Crippen LogP contribution in [0.4, 0.5) is 5.00 Å². The number of benzene rings is 1. The third kappa shape index (κ3) is 3.97. The number of nitrogens with one attached hydrogen (secondary N) is 2. The Labute approximate surface area is 169 Å². The van der Waals surface area contributed by atoms with Crippen LogP contribution in [0, 0.1) is 19.3 Å². The zero-order valence-electron chi connectivity index (χ0n) is 17.1. The van der Waals surface area contributed by atoms with Crippen LogP contribution in [-0.2, 0) is 4.79 Å². The first-order valence-electron chi connectivity index (χ1n) is 9.28. The molecule has 0 radical (unpaired) electrons. The van der Waals surface area contributed by atoms with Crippen LogP contribution in [0.2, 0.25) is 0 Å². The van der Waals surface area contributed by atoms with E-state index in [2.05, 4.69) is 10.6 Å². The number of rotatable bonds is 4. The lowest BCUT2D eigenvalue weighted by atomic mass is 9.96. The van der Waals surface area contributed by atoms with Gasteiger partial charge >= 0.3 is 0 Å². The first kappa shape index (κ1) is 20.1. The van der Waals surface area contributed by atoms with Gasteiger partial charge in [0.2, 0.25) is 5.91 Å². The Bertz CT molecular complexity index is 1040. The van der Waals surface area contributed by atoms with Crippen LogP contribution in [0.1, 0.15) is 60.3 Å². The number of furan rings is 1. The summed E-state index contributed by atoms with van der Waals surface area (Å²) in [7, 11) is 0. The maximum atomic E-state index is 12.8. The average molecular weight is 399 g/mol. The summed E-state index contributed by atoms with van der Waals surface area (Å²) in [4.78, 5) is 25.6. The second kappa shape index (κ2) is 7.43. The number of carbonyl (C=O) groups excluding carboxylic acids is 2. The fraction of sp³-hybridized carbons (Fsp3) is 0.364. The van der Waals surface area contributed by atoms with Crippen molar-refractivity contribution in [1.29, 1.82) is 0 Å². The summed E-state index contributed by atoms with van der Waals surface area (Å²) in [5.74, 6) is 0.503. The molecule has 5 nitrogen and oxygen atoms in total. The summed E-state index contributed by atoms with van der Waals surface area (Å²) in [5.41, 5.74) is 2.19. The van der Waals surface area contributed by atoms with Crippen LogP contribution in [-0.4, -0.2) is 11.8 Å². The Kier molecular flexibility index (Phi) is 5.35. The van der Waals surface area contributed by atoms with E-state index in [0.29, 0.717) is 9.88 Å². The van der Waals surface area contributed by atoms with Crippen LogP contribution in [0.3, 0.4) is 0 Å². The van der Waals surface area contributed by atoms with Gasteiger partial charge in [-0.3, -0.25) is 9.59 Å². The first-order valence-corrected chi connectivity index (χ1v) is 10.1. The normalized spacial score (nSPS) is 12.8. The van der Waals surface area contributed by atoms with E-state index in [0.717, 1.165) is 27.9 Å². The number of aryl methyl sites for hydroxylation is 2. The molecule has 2 aromatic heterocycles. The van der Waals surface area contributed by atoms with Gasteiger partial charge in [-0.15, -0.1) is 11.3 Å². The molecule has 0 saturated heterocycles. The number of hydrogen-bond donors (Lipinski definition) is 2. The molecule has 1 aromatic carbocycles. The van der Waals surface area contributed by atoms with Crippen molar-refractivity contribution in [2.24, 2.45) is 5.41 Å². The molecule has 3 rings (SSSR count). The van der Waals surface area contributed by atoms with Crippen molar-refractivity contribution in [3.05, 3.63) is 52.1 Å². The molecular weight excluding hydrogens is 372 g/mol. The largest absolute Gasteiger partial charge is 0.459 e. The minimum absolute atomic E-state index is 0.0769. The van der Waals surface area contributed by atoms with E-state index in [4.69, 9.17) is 4.42 Å². The number of para-hydroxylation sites is 1. The second-order valence-corrected chi connectivity index (χ2v) is 9.16. The molecule has 1 atom stereocenters. The van der Waals surface area contributed by atoms with Gasteiger partial charge in [-0.05, 0) is 38.5 Å². The molecule has 1 unspecified atom stereocenters. The molecule has 0 bridgehead atoms. The molecule has 0 fully saturated rings. The fourth-order valence-corrected chi connectivity index (χ4v) is 3.97. The Morgan fingerprint density at radius 3 is 2.46 bits per heavy atom. The zero-order valence-corrected chi connectivity index (χ0v) is 17.9. The van der Waals surface area contributed by atoms with E-state index >= 15 is 0 Å². The zero-order chi connectivity index (χ0) is 20.6. The summed E-state index contributed by atoms with van der Waals surface area (Å²) in [5, 5.41) is 7.64. The lowest BCUT2D eigenvalue weighted by molar-refractivity contribution is -0.123. The predicted molar refractivity (Wildman–Crippen MR) is 114 cm³/mol. The number of carbonyl (C=O) groups is 2. The van der Waals surface area contributed by atoms with Gasteiger partial charge in [-0.2, -0.15) is 0 Å². The smallest absolute Gasteiger partial charge is 0.262 e. The minimum atomic E-state index is -0.492. The predicted octanol–water partition coefficient (Wildman–Crippen LogP) is 5.59. The average Bonchev–Trinajstić information content (AvgIpc) is 3.14. The molecule has 0 aliphatic rings. The molecule has 0 saturated carbocycles. The minimum Gasteiger partial charge on any atom is -0.459 e. The van der Waals surface area contributed by atoms with Crippen LogP contribution in [0.15, 0.2) is 34.7 Å². The number of fused-ring (bicyclic) bond motifs is 1. The summed E-state index contributed by atoms with van der Waals surface area (Å²) in [6.07, 6.45) is 0. The topological polar surface area (TPSA) is 71.3 Å². The van der Waals surface area contributed by atoms with Crippen LogP contribution in [0.5, 0.6) is 0 Å². The Morgan fingerprint density at radius 2 is 1.82 bits per heavy atom. The highest BCUT2D eigenvalue weighted by molar-refractivity contribution is 7.18. The van der Waals surface area contributed by atoms with Crippen molar-refractivity contribution in [3.63, 3.8) is 0 Å². The van der Waals surface area contributed by atoms with Crippen LogP contribution >= 0.6 is 11.3 Å².